The van der Waals surface area contributed by atoms with E-state index in [1.165, 1.54) is 0 Å². The number of nitrogens with two attached hydrogens (primary N) is 1. The van der Waals surface area contributed by atoms with Gasteiger partial charge in [-0.1, -0.05) is 25.0 Å². The van der Waals surface area contributed by atoms with Crippen molar-refractivity contribution in [3.05, 3.63) is 29.8 Å². The van der Waals surface area contributed by atoms with Gasteiger partial charge >= 0.3 is 0 Å². The quantitative estimate of drug-likeness (QED) is 0.746. The molecule has 24 heavy (non-hydrogen) atoms. The number of hydrogen-bond donors (Lipinski definition) is 3. The van der Waals surface area contributed by atoms with Crippen molar-refractivity contribution in [3.8, 4) is 5.75 Å². The molecule has 1 aliphatic rings. The van der Waals surface area contributed by atoms with Gasteiger partial charge in [0.1, 0.15) is 5.75 Å². The molecule has 0 radical (unpaired) electrons. The van der Waals surface area contributed by atoms with Crippen LogP contribution in [0.2, 0.25) is 0 Å². The number of carbonyl (C=O) groups excluding carboxylic acids is 1. The van der Waals surface area contributed by atoms with Crippen LogP contribution in [0.4, 0.5) is 0 Å². The van der Waals surface area contributed by atoms with Gasteiger partial charge in [-0.25, -0.2) is 0 Å². The highest BCUT2D eigenvalue weighted by Gasteiger charge is 2.37. The van der Waals surface area contributed by atoms with E-state index < -0.39 is 11.6 Å². The van der Waals surface area contributed by atoms with Crippen molar-refractivity contribution < 1.29 is 14.6 Å². The van der Waals surface area contributed by atoms with Gasteiger partial charge < -0.3 is 20.9 Å². The van der Waals surface area contributed by atoms with E-state index in [0.717, 1.165) is 37.0 Å². The van der Waals surface area contributed by atoms with E-state index in [9.17, 15) is 9.90 Å². The Kier molecular flexibility index (Phi) is 6.24. The van der Waals surface area contributed by atoms with Crippen molar-refractivity contribution in [1.29, 1.82) is 0 Å². The lowest BCUT2D eigenvalue weighted by molar-refractivity contribution is -0.128. The fourth-order valence-corrected chi connectivity index (χ4v) is 3.29. The van der Waals surface area contributed by atoms with E-state index in [0.29, 0.717) is 0 Å². The van der Waals surface area contributed by atoms with Crippen molar-refractivity contribution in [2.75, 3.05) is 6.54 Å². The Balaban J connectivity index is 1.92. The fraction of sp³-hybridized carbons (Fsp3) is 0.632. The highest BCUT2D eigenvalue weighted by Crippen LogP contribution is 2.31. The molecule has 1 amide bonds. The minimum atomic E-state index is -0.766. The maximum absolute atomic E-state index is 12.4. The predicted octanol–water partition coefficient (Wildman–Crippen LogP) is 2.53. The van der Waals surface area contributed by atoms with Crippen LogP contribution in [-0.2, 0) is 4.79 Å². The summed E-state index contributed by atoms with van der Waals surface area (Å²) in [6, 6.07) is 7.34. The lowest BCUT2D eigenvalue weighted by Gasteiger charge is -2.37. The first kappa shape index (κ1) is 18.7. The molecule has 1 aromatic rings. The molecule has 0 aromatic heterocycles. The Bertz CT molecular complexity index is 557. The fourth-order valence-electron chi connectivity index (χ4n) is 3.29. The number of aliphatic hydroxyl groups excluding tert-OH is 1. The standard InChI is InChI=1S/C19H30N2O3/c1-13(2)24-15-8-6-7-14(11-15)17(22)12-21-18(23)16-9-4-5-10-19(16,3)20/h6-8,11,13,16-17,22H,4-5,9-10,12,20H2,1-3H3,(H,21,23). The molecule has 134 valence electrons. The summed E-state index contributed by atoms with van der Waals surface area (Å²) in [5, 5.41) is 13.2. The van der Waals surface area contributed by atoms with Crippen LogP contribution in [0.25, 0.3) is 0 Å². The normalized spacial score (nSPS) is 25.3. The van der Waals surface area contributed by atoms with Crippen molar-refractivity contribution >= 4 is 5.91 Å². The van der Waals surface area contributed by atoms with Gasteiger partial charge in [0.2, 0.25) is 5.91 Å². The summed E-state index contributed by atoms with van der Waals surface area (Å²) in [5.41, 5.74) is 6.54. The van der Waals surface area contributed by atoms with Gasteiger partial charge in [-0.15, -0.1) is 0 Å². The Hall–Kier alpha value is -1.59. The van der Waals surface area contributed by atoms with Crippen LogP contribution in [0.15, 0.2) is 24.3 Å². The summed E-state index contributed by atoms with van der Waals surface area (Å²) in [6.07, 6.45) is 3.08. The average molecular weight is 334 g/mol. The van der Waals surface area contributed by atoms with Crippen molar-refractivity contribution in [3.63, 3.8) is 0 Å². The zero-order valence-corrected chi connectivity index (χ0v) is 14.9. The maximum Gasteiger partial charge on any atom is 0.225 e. The van der Waals surface area contributed by atoms with Gasteiger partial charge in [-0.2, -0.15) is 0 Å². The summed E-state index contributed by atoms with van der Waals surface area (Å²) in [7, 11) is 0. The SMILES string of the molecule is CC(C)Oc1cccc(C(O)CNC(=O)C2CCCCC2(C)N)c1. The molecule has 1 fully saturated rings. The second-order valence-corrected chi connectivity index (χ2v) is 7.30. The Morgan fingerprint density at radius 2 is 2.21 bits per heavy atom. The van der Waals surface area contributed by atoms with Crippen molar-refractivity contribution in [1.82, 2.24) is 5.32 Å². The van der Waals surface area contributed by atoms with Crippen LogP contribution >= 0.6 is 0 Å². The molecule has 0 heterocycles. The minimum Gasteiger partial charge on any atom is -0.491 e. The number of rotatable bonds is 6. The summed E-state index contributed by atoms with van der Waals surface area (Å²) in [6.45, 7) is 6.03. The zero-order chi connectivity index (χ0) is 17.7. The Morgan fingerprint density at radius 1 is 1.46 bits per heavy atom. The number of benzene rings is 1. The van der Waals surface area contributed by atoms with Gasteiger partial charge in [-0.05, 0) is 51.3 Å². The monoisotopic (exact) mass is 334 g/mol. The largest absolute Gasteiger partial charge is 0.491 e. The number of nitrogens with one attached hydrogen (secondary N) is 1. The summed E-state index contributed by atoms with van der Waals surface area (Å²) in [4.78, 5) is 12.4. The molecule has 0 saturated heterocycles. The summed E-state index contributed by atoms with van der Waals surface area (Å²) >= 11 is 0. The first-order chi connectivity index (χ1) is 11.3. The molecule has 0 aliphatic heterocycles. The molecule has 4 N–H and O–H groups in total. The lowest BCUT2D eigenvalue weighted by Crippen LogP contribution is -2.53. The Morgan fingerprint density at radius 3 is 2.88 bits per heavy atom. The van der Waals surface area contributed by atoms with E-state index in [2.05, 4.69) is 5.32 Å². The highest BCUT2D eigenvalue weighted by atomic mass is 16.5. The molecule has 5 nitrogen and oxygen atoms in total. The molecule has 3 unspecified atom stereocenters. The third kappa shape index (κ3) is 4.95. The summed E-state index contributed by atoms with van der Waals surface area (Å²) < 4.78 is 5.64. The molecule has 1 aliphatic carbocycles. The molecule has 3 atom stereocenters. The third-order valence-corrected chi connectivity index (χ3v) is 4.66. The van der Waals surface area contributed by atoms with Crippen LogP contribution in [0.3, 0.4) is 0 Å². The molecular weight excluding hydrogens is 304 g/mol. The van der Waals surface area contributed by atoms with Crippen LogP contribution in [0, 0.1) is 5.92 Å². The molecular formula is C19H30N2O3. The number of carbonyl (C=O) groups is 1. The number of ether oxygens (including phenoxy) is 1. The van der Waals surface area contributed by atoms with Crippen LogP contribution in [0.5, 0.6) is 5.75 Å². The number of amides is 1. The highest BCUT2D eigenvalue weighted by molar-refractivity contribution is 5.80. The molecule has 1 saturated carbocycles. The average Bonchev–Trinajstić information content (AvgIpc) is 2.51. The summed E-state index contributed by atoms with van der Waals surface area (Å²) in [5.74, 6) is 0.470. The predicted molar refractivity (Wildman–Crippen MR) is 94.7 cm³/mol. The van der Waals surface area contributed by atoms with Gasteiger partial charge in [0.05, 0.1) is 18.1 Å². The first-order valence-corrected chi connectivity index (χ1v) is 8.81. The number of hydrogen-bond acceptors (Lipinski definition) is 4. The van der Waals surface area contributed by atoms with E-state index in [1.807, 2.05) is 45.0 Å². The van der Waals surface area contributed by atoms with E-state index >= 15 is 0 Å². The van der Waals surface area contributed by atoms with E-state index in [4.69, 9.17) is 10.5 Å². The molecule has 0 bridgehead atoms. The van der Waals surface area contributed by atoms with Crippen LogP contribution in [-0.4, -0.2) is 29.2 Å². The third-order valence-electron chi connectivity index (χ3n) is 4.66. The van der Waals surface area contributed by atoms with E-state index in [1.54, 1.807) is 0 Å². The second-order valence-electron chi connectivity index (χ2n) is 7.30. The molecule has 0 spiro atoms. The van der Waals surface area contributed by atoms with Crippen molar-refractivity contribution in [2.24, 2.45) is 11.7 Å². The topological polar surface area (TPSA) is 84.6 Å². The molecule has 2 rings (SSSR count). The van der Waals surface area contributed by atoms with Gasteiger partial charge in [0.15, 0.2) is 0 Å². The molecule has 1 aromatic carbocycles. The first-order valence-electron chi connectivity index (χ1n) is 8.81. The Labute approximate surface area is 144 Å². The minimum absolute atomic E-state index is 0.0617. The molecule has 5 heteroatoms. The smallest absolute Gasteiger partial charge is 0.225 e. The maximum atomic E-state index is 12.4. The van der Waals surface area contributed by atoms with Gasteiger partial charge in [0.25, 0.3) is 0 Å². The van der Waals surface area contributed by atoms with Gasteiger partial charge in [0, 0.05) is 12.1 Å². The second kappa shape index (κ2) is 7.99. The van der Waals surface area contributed by atoms with Crippen LogP contribution < -0.4 is 15.8 Å². The van der Waals surface area contributed by atoms with Crippen molar-refractivity contribution in [2.45, 2.75) is 64.2 Å². The lowest BCUT2D eigenvalue weighted by atomic mass is 9.74. The van der Waals surface area contributed by atoms with E-state index in [-0.39, 0.29) is 24.5 Å². The zero-order valence-electron chi connectivity index (χ0n) is 14.9. The van der Waals surface area contributed by atoms with Crippen LogP contribution in [0.1, 0.15) is 58.1 Å². The van der Waals surface area contributed by atoms with Gasteiger partial charge in [-0.3, -0.25) is 4.79 Å². The number of aliphatic hydroxyl groups is 1.